The fraction of sp³-hybridized carbons (Fsp3) is 0.333. The Morgan fingerprint density at radius 2 is 1.94 bits per heavy atom. The molecule has 1 aromatic heterocycles. The van der Waals surface area contributed by atoms with E-state index in [-0.39, 0.29) is 5.82 Å². The van der Waals surface area contributed by atoms with Crippen LogP contribution >= 0.6 is 0 Å². The molecule has 0 N–H and O–H groups in total. The summed E-state index contributed by atoms with van der Waals surface area (Å²) < 4.78 is 14.8. The molecule has 1 heterocycles. The van der Waals surface area contributed by atoms with Gasteiger partial charge in [-0.05, 0) is 31.5 Å². The van der Waals surface area contributed by atoms with Gasteiger partial charge in [-0.25, -0.2) is 4.39 Å². The van der Waals surface area contributed by atoms with Gasteiger partial charge in [-0.2, -0.15) is 0 Å². The number of hydrogen-bond donors (Lipinski definition) is 0. The van der Waals surface area contributed by atoms with Gasteiger partial charge in [-0.3, -0.25) is 0 Å². The van der Waals surface area contributed by atoms with Crippen molar-refractivity contribution in [3.63, 3.8) is 0 Å². The number of benzene rings is 1. The number of hydrogen-bond acceptors (Lipinski definition) is 2. The molecule has 2 aromatic rings. The first kappa shape index (κ1) is 10.8. The highest BCUT2D eigenvalue weighted by molar-refractivity contribution is 5.19. The van der Waals surface area contributed by atoms with Crippen molar-refractivity contribution >= 4 is 0 Å². The van der Waals surface area contributed by atoms with Gasteiger partial charge in [0.15, 0.2) is 0 Å². The fourth-order valence-corrected chi connectivity index (χ4v) is 1.61. The molecular weight excluding hydrogens is 205 g/mol. The highest BCUT2D eigenvalue weighted by Crippen LogP contribution is 2.12. The predicted molar refractivity (Wildman–Crippen MR) is 59.6 cm³/mol. The molecule has 0 amide bonds. The highest BCUT2D eigenvalue weighted by Gasteiger charge is 2.07. The SMILES string of the molecule is CC(C)n1cnnc1Cc1ccc(F)cc1. The van der Waals surface area contributed by atoms with E-state index in [1.807, 2.05) is 4.57 Å². The quantitative estimate of drug-likeness (QED) is 0.794. The lowest BCUT2D eigenvalue weighted by Crippen LogP contribution is -2.05. The Kier molecular flexibility index (Phi) is 2.99. The Bertz CT molecular complexity index is 459. The molecule has 1 aromatic carbocycles. The second-order valence-corrected chi connectivity index (χ2v) is 4.05. The molecule has 0 spiro atoms. The van der Waals surface area contributed by atoms with Crippen molar-refractivity contribution in [3.05, 3.63) is 47.8 Å². The lowest BCUT2D eigenvalue weighted by molar-refractivity contribution is 0.573. The molecule has 0 radical (unpaired) electrons. The van der Waals surface area contributed by atoms with Crippen LogP contribution in [-0.2, 0) is 6.42 Å². The normalized spacial score (nSPS) is 11.0. The molecule has 3 nitrogen and oxygen atoms in total. The molecule has 0 saturated carbocycles. The van der Waals surface area contributed by atoms with Gasteiger partial charge in [-0.1, -0.05) is 12.1 Å². The molecule has 0 bridgehead atoms. The first-order valence-corrected chi connectivity index (χ1v) is 5.29. The van der Waals surface area contributed by atoms with Gasteiger partial charge < -0.3 is 4.57 Å². The molecule has 0 unspecified atom stereocenters. The van der Waals surface area contributed by atoms with Gasteiger partial charge in [0.05, 0.1) is 0 Å². The van der Waals surface area contributed by atoms with E-state index in [1.54, 1.807) is 18.5 Å². The highest BCUT2D eigenvalue weighted by atomic mass is 19.1. The van der Waals surface area contributed by atoms with Crippen LogP contribution in [0, 0.1) is 5.82 Å². The monoisotopic (exact) mass is 219 g/mol. The molecule has 4 heteroatoms. The standard InChI is InChI=1S/C12H14FN3/c1-9(2)16-8-14-15-12(16)7-10-3-5-11(13)6-4-10/h3-6,8-9H,7H2,1-2H3. The van der Waals surface area contributed by atoms with Crippen LogP contribution in [0.5, 0.6) is 0 Å². The van der Waals surface area contributed by atoms with E-state index >= 15 is 0 Å². The molecule has 0 aliphatic carbocycles. The van der Waals surface area contributed by atoms with Crippen LogP contribution in [0.4, 0.5) is 4.39 Å². The molecule has 0 aliphatic heterocycles. The summed E-state index contributed by atoms with van der Waals surface area (Å²) in [5.41, 5.74) is 1.04. The molecule has 0 aliphatic rings. The van der Waals surface area contributed by atoms with Crippen molar-refractivity contribution in [3.8, 4) is 0 Å². The van der Waals surface area contributed by atoms with Gasteiger partial charge in [-0.15, -0.1) is 10.2 Å². The van der Waals surface area contributed by atoms with Crippen molar-refractivity contribution in [2.24, 2.45) is 0 Å². The maximum Gasteiger partial charge on any atom is 0.137 e. The van der Waals surface area contributed by atoms with E-state index in [2.05, 4.69) is 24.0 Å². The van der Waals surface area contributed by atoms with E-state index in [0.717, 1.165) is 11.4 Å². The Balaban J connectivity index is 2.20. The molecule has 0 atom stereocenters. The number of halogens is 1. The van der Waals surface area contributed by atoms with Gasteiger partial charge in [0.1, 0.15) is 18.0 Å². The lowest BCUT2D eigenvalue weighted by atomic mass is 10.1. The second kappa shape index (κ2) is 4.43. The average molecular weight is 219 g/mol. The third-order valence-corrected chi connectivity index (χ3v) is 2.48. The maximum atomic E-state index is 12.7. The maximum absolute atomic E-state index is 12.7. The van der Waals surface area contributed by atoms with Crippen LogP contribution < -0.4 is 0 Å². The van der Waals surface area contributed by atoms with E-state index in [9.17, 15) is 4.39 Å². The lowest BCUT2D eigenvalue weighted by Gasteiger charge is -2.09. The summed E-state index contributed by atoms with van der Waals surface area (Å²) in [5, 5.41) is 7.97. The Morgan fingerprint density at radius 3 is 2.56 bits per heavy atom. The van der Waals surface area contributed by atoms with E-state index in [0.29, 0.717) is 12.5 Å². The molecule has 16 heavy (non-hydrogen) atoms. The minimum absolute atomic E-state index is 0.214. The van der Waals surface area contributed by atoms with Crippen molar-refractivity contribution in [1.82, 2.24) is 14.8 Å². The summed E-state index contributed by atoms with van der Waals surface area (Å²) in [6.45, 7) is 4.16. The topological polar surface area (TPSA) is 30.7 Å². The van der Waals surface area contributed by atoms with Crippen LogP contribution in [0.1, 0.15) is 31.3 Å². The Hall–Kier alpha value is -1.71. The average Bonchev–Trinajstić information content (AvgIpc) is 2.69. The zero-order valence-electron chi connectivity index (χ0n) is 9.39. The van der Waals surface area contributed by atoms with Crippen molar-refractivity contribution < 1.29 is 4.39 Å². The number of aromatic nitrogens is 3. The third kappa shape index (κ3) is 2.27. The molecular formula is C12H14FN3. The summed E-state index contributed by atoms with van der Waals surface area (Å²) in [4.78, 5) is 0. The fourth-order valence-electron chi connectivity index (χ4n) is 1.61. The van der Waals surface area contributed by atoms with Crippen LogP contribution in [0.25, 0.3) is 0 Å². The summed E-state index contributed by atoms with van der Waals surface area (Å²) in [5.74, 6) is 0.690. The van der Waals surface area contributed by atoms with Crippen LogP contribution in [0.3, 0.4) is 0 Å². The van der Waals surface area contributed by atoms with E-state index in [1.165, 1.54) is 12.1 Å². The Morgan fingerprint density at radius 1 is 1.25 bits per heavy atom. The minimum Gasteiger partial charge on any atom is -0.315 e. The smallest absolute Gasteiger partial charge is 0.137 e. The predicted octanol–water partition coefficient (Wildman–Crippen LogP) is 2.59. The van der Waals surface area contributed by atoms with Crippen LogP contribution in [0.15, 0.2) is 30.6 Å². The summed E-state index contributed by atoms with van der Waals surface area (Å²) >= 11 is 0. The number of nitrogens with zero attached hydrogens (tertiary/aromatic N) is 3. The molecule has 2 rings (SSSR count). The summed E-state index contributed by atoms with van der Waals surface area (Å²) in [6, 6.07) is 6.81. The number of rotatable bonds is 3. The van der Waals surface area contributed by atoms with E-state index in [4.69, 9.17) is 0 Å². The van der Waals surface area contributed by atoms with Crippen LogP contribution in [0.2, 0.25) is 0 Å². The molecule has 0 fully saturated rings. The van der Waals surface area contributed by atoms with Crippen molar-refractivity contribution in [2.45, 2.75) is 26.3 Å². The zero-order valence-corrected chi connectivity index (χ0v) is 9.39. The van der Waals surface area contributed by atoms with Gasteiger partial charge in [0.25, 0.3) is 0 Å². The zero-order chi connectivity index (χ0) is 11.5. The third-order valence-electron chi connectivity index (χ3n) is 2.48. The van der Waals surface area contributed by atoms with Crippen molar-refractivity contribution in [2.75, 3.05) is 0 Å². The van der Waals surface area contributed by atoms with Crippen LogP contribution in [-0.4, -0.2) is 14.8 Å². The summed E-state index contributed by atoms with van der Waals surface area (Å²) in [7, 11) is 0. The van der Waals surface area contributed by atoms with Crippen molar-refractivity contribution in [1.29, 1.82) is 0 Å². The summed E-state index contributed by atoms with van der Waals surface area (Å²) in [6.07, 6.45) is 2.40. The first-order chi connectivity index (χ1) is 7.66. The molecule has 84 valence electrons. The minimum atomic E-state index is -0.214. The first-order valence-electron chi connectivity index (χ1n) is 5.29. The van der Waals surface area contributed by atoms with Gasteiger partial charge in [0, 0.05) is 12.5 Å². The largest absolute Gasteiger partial charge is 0.315 e. The Labute approximate surface area is 93.9 Å². The van der Waals surface area contributed by atoms with Gasteiger partial charge >= 0.3 is 0 Å². The van der Waals surface area contributed by atoms with E-state index < -0.39 is 0 Å². The second-order valence-electron chi connectivity index (χ2n) is 4.05. The molecule has 0 saturated heterocycles. The van der Waals surface area contributed by atoms with Gasteiger partial charge in [0.2, 0.25) is 0 Å².